The Labute approximate surface area is 91.5 Å². The molecule has 0 saturated carbocycles. The summed E-state index contributed by atoms with van der Waals surface area (Å²) >= 11 is 4.91. The van der Waals surface area contributed by atoms with Crippen LogP contribution in [-0.4, -0.2) is 14.4 Å². The van der Waals surface area contributed by atoms with E-state index in [0.29, 0.717) is 5.13 Å². The van der Waals surface area contributed by atoms with E-state index in [-0.39, 0.29) is 0 Å². The maximum atomic E-state index is 5.66. The van der Waals surface area contributed by atoms with Crippen LogP contribution in [0.25, 0.3) is 16.0 Å². The number of fused-ring (bicyclic) bond motifs is 3. The van der Waals surface area contributed by atoms with Gasteiger partial charge in [-0.05, 0) is 22.0 Å². The van der Waals surface area contributed by atoms with Gasteiger partial charge in [-0.3, -0.25) is 4.40 Å². The summed E-state index contributed by atoms with van der Waals surface area (Å²) in [4.78, 5) is 9.48. The quantitative estimate of drug-likeness (QED) is 0.681. The molecule has 0 aliphatic heterocycles. The zero-order valence-corrected chi connectivity index (χ0v) is 9.34. The van der Waals surface area contributed by atoms with Gasteiger partial charge in [-0.2, -0.15) is 0 Å². The van der Waals surface area contributed by atoms with Crippen LogP contribution in [0, 0.1) is 0 Å². The Balaban J connectivity index is 2.64. The van der Waals surface area contributed by atoms with E-state index in [1.165, 1.54) is 11.3 Å². The topological polar surface area (TPSA) is 56.2 Å². The fourth-order valence-corrected chi connectivity index (χ4v) is 2.74. The number of anilines is 1. The molecular weight excluding hydrogens is 264 g/mol. The van der Waals surface area contributed by atoms with Crippen molar-refractivity contribution in [2.75, 3.05) is 5.73 Å². The summed E-state index contributed by atoms with van der Waals surface area (Å²) in [7, 11) is 0. The minimum atomic E-state index is 0.577. The number of nitrogen functional groups attached to an aromatic ring is 1. The van der Waals surface area contributed by atoms with Gasteiger partial charge in [-0.25, -0.2) is 9.97 Å². The third-order valence-electron chi connectivity index (χ3n) is 1.99. The molecule has 0 aliphatic carbocycles. The molecule has 14 heavy (non-hydrogen) atoms. The molecule has 0 aromatic carbocycles. The molecular formula is C8H5BrN4S. The molecule has 0 aliphatic rings. The summed E-state index contributed by atoms with van der Waals surface area (Å²) in [6.45, 7) is 0. The van der Waals surface area contributed by atoms with E-state index in [1.807, 2.05) is 16.7 Å². The number of aromatic nitrogens is 3. The lowest BCUT2D eigenvalue weighted by molar-refractivity contribution is 1.26. The average molecular weight is 269 g/mol. The molecule has 0 unspecified atom stereocenters. The molecule has 0 saturated heterocycles. The summed E-state index contributed by atoms with van der Waals surface area (Å²) in [5.74, 6) is 0. The van der Waals surface area contributed by atoms with E-state index in [1.54, 1.807) is 6.20 Å². The smallest absolute Gasteiger partial charge is 0.182 e. The highest BCUT2D eigenvalue weighted by Gasteiger charge is 2.08. The summed E-state index contributed by atoms with van der Waals surface area (Å²) in [6, 6.07) is 1.94. The van der Waals surface area contributed by atoms with Gasteiger partial charge in [0.25, 0.3) is 0 Å². The van der Waals surface area contributed by atoms with Gasteiger partial charge < -0.3 is 5.73 Å². The van der Waals surface area contributed by atoms with E-state index in [9.17, 15) is 0 Å². The summed E-state index contributed by atoms with van der Waals surface area (Å²) in [5.41, 5.74) is 7.44. The monoisotopic (exact) mass is 268 g/mol. The summed E-state index contributed by atoms with van der Waals surface area (Å²) in [5, 5.41) is 0.577. The number of halogens is 1. The minimum Gasteiger partial charge on any atom is -0.375 e. The molecule has 0 fully saturated rings. The predicted molar refractivity (Wildman–Crippen MR) is 60.5 cm³/mol. The van der Waals surface area contributed by atoms with E-state index in [2.05, 4.69) is 25.9 Å². The van der Waals surface area contributed by atoms with Crippen molar-refractivity contribution in [2.45, 2.75) is 0 Å². The van der Waals surface area contributed by atoms with E-state index in [0.717, 1.165) is 20.5 Å². The zero-order valence-electron chi connectivity index (χ0n) is 6.94. The van der Waals surface area contributed by atoms with Crippen LogP contribution in [0.2, 0.25) is 0 Å². The van der Waals surface area contributed by atoms with E-state index in [4.69, 9.17) is 5.73 Å². The van der Waals surface area contributed by atoms with Gasteiger partial charge in [0, 0.05) is 12.4 Å². The first kappa shape index (κ1) is 8.19. The number of nitrogens with zero attached hydrogens (tertiary/aromatic N) is 3. The second kappa shape index (κ2) is 2.68. The summed E-state index contributed by atoms with van der Waals surface area (Å²) < 4.78 is 2.91. The van der Waals surface area contributed by atoms with Crippen LogP contribution < -0.4 is 5.73 Å². The van der Waals surface area contributed by atoms with Crippen molar-refractivity contribution < 1.29 is 0 Å². The van der Waals surface area contributed by atoms with Crippen molar-refractivity contribution in [1.29, 1.82) is 0 Å². The zero-order chi connectivity index (χ0) is 9.71. The Morgan fingerprint density at radius 2 is 2.36 bits per heavy atom. The largest absolute Gasteiger partial charge is 0.375 e. The van der Waals surface area contributed by atoms with Gasteiger partial charge in [-0.1, -0.05) is 11.3 Å². The SMILES string of the molecule is Nc1nc2cc(Br)c3nccn3c2s1. The molecule has 6 heteroatoms. The Morgan fingerprint density at radius 1 is 1.50 bits per heavy atom. The second-order valence-electron chi connectivity index (χ2n) is 2.86. The number of hydrogen-bond acceptors (Lipinski definition) is 4. The van der Waals surface area contributed by atoms with Crippen LogP contribution in [0.4, 0.5) is 5.13 Å². The van der Waals surface area contributed by atoms with Crippen molar-refractivity contribution in [3.05, 3.63) is 22.9 Å². The lowest BCUT2D eigenvalue weighted by Gasteiger charge is -1.96. The van der Waals surface area contributed by atoms with Crippen LogP contribution in [-0.2, 0) is 0 Å². The maximum absolute atomic E-state index is 5.66. The molecule has 3 aromatic rings. The molecule has 0 amide bonds. The second-order valence-corrected chi connectivity index (χ2v) is 4.72. The number of nitrogens with two attached hydrogens (primary N) is 1. The third-order valence-corrected chi connectivity index (χ3v) is 3.47. The van der Waals surface area contributed by atoms with Crippen LogP contribution in [0.15, 0.2) is 22.9 Å². The molecule has 0 spiro atoms. The lowest BCUT2D eigenvalue weighted by atomic mass is 10.4. The number of imidazole rings is 1. The Kier molecular flexibility index (Phi) is 1.57. The predicted octanol–water partition coefficient (Wildman–Crippen LogP) is 2.29. The first-order chi connectivity index (χ1) is 6.75. The van der Waals surface area contributed by atoms with Crippen LogP contribution in [0.5, 0.6) is 0 Å². The number of pyridine rings is 1. The Hall–Kier alpha value is -1.14. The van der Waals surface area contributed by atoms with Crippen molar-refractivity contribution >= 4 is 48.4 Å². The Bertz CT molecular complexity index is 627. The van der Waals surface area contributed by atoms with Gasteiger partial charge in [0.1, 0.15) is 10.3 Å². The molecule has 2 N–H and O–H groups in total. The molecule has 3 heterocycles. The first-order valence-corrected chi connectivity index (χ1v) is 5.54. The normalized spacial score (nSPS) is 11.5. The van der Waals surface area contributed by atoms with Gasteiger partial charge in [-0.15, -0.1) is 0 Å². The third kappa shape index (κ3) is 0.978. The Morgan fingerprint density at radius 3 is 3.21 bits per heavy atom. The van der Waals surface area contributed by atoms with Crippen LogP contribution in [0.1, 0.15) is 0 Å². The van der Waals surface area contributed by atoms with Crippen molar-refractivity contribution in [3.63, 3.8) is 0 Å². The molecule has 3 aromatic heterocycles. The van der Waals surface area contributed by atoms with E-state index >= 15 is 0 Å². The fourth-order valence-electron chi connectivity index (χ4n) is 1.44. The molecule has 0 radical (unpaired) electrons. The number of thiazole rings is 1. The molecule has 70 valence electrons. The number of rotatable bonds is 0. The highest BCUT2D eigenvalue weighted by atomic mass is 79.9. The van der Waals surface area contributed by atoms with Gasteiger partial charge >= 0.3 is 0 Å². The lowest BCUT2D eigenvalue weighted by Crippen LogP contribution is -1.85. The number of hydrogen-bond donors (Lipinski definition) is 1. The molecule has 4 nitrogen and oxygen atoms in total. The first-order valence-electron chi connectivity index (χ1n) is 3.93. The van der Waals surface area contributed by atoms with Gasteiger partial charge in [0.2, 0.25) is 0 Å². The molecule has 0 bridgehead atoms. The van der Waals surface area contributed by atoms with Gasteiger partial charge in [0.05, 0.1) is 4.47 Å². The minimum absolute atomic E-state index is 0.577. The van der Waals surface area contributed by atoms with Crippen molar-refractivity contribution in [3.8, 4) is 0 Å². The maximum Gasteiger partial charge on any atom is 0.182 e. The van der Waals surface area contributed by atoms with Gasteiger partial charge in [0.15, 0.2) is 10.8 Å². The van der Waals surface area contributed by atoms with Crippen molar-refractivity contribution in [2.24, 2.45) is 0 Å². The standard InChI is InChI=1S/C8H5BrN4S/c9-4-3-5-7(14-8(10)12-5)13-2-1-11-6(4)13/h1-3H,(H2,10,12). The van der Waals surface area contributed by atoms with Crippen LogP contribution in [0.3, 0.4) is 0 Å². The van der Waals surface area contributed by atoms with Crippen LogP contribution >= 0.6 is 27.3 Å². The van der Waals surface area contributed by atoms with E-state index < -0.39 is 0 Å². The summed E-state index contributed by atoms with van der Waals surface area (Å²) in [6.07, 6.45) is 3.66. The molecule has 3 rings (SSSR count). The molecule has 0 atom stereocenters. The highest BCUT2D eigenvalue weighted by molar-refractivity contribution is 9.10. The fraction of sp³-hybridized carbons (Fsp3) is 0. The van der Waals surface area contributed by atoms with Crippen molar-refractivity contribution in [1.82, 2.24) is 14.4 Å². The average Bonchev–Trinajstić information content (AvgIpc) is 2.69. The highest BCUT2D eigenvalue weighted by Crippen LogP contribution is 2.29.